The number of hydrogen-bond donors (Lipinski definition) is 2. The second-order valence-corrected chi connectivity index (χ2v) is 9.38. The van der Waals surface area contributed by atoms with Gasteiger partial charge in [-0.2, -0.15) is 0 Å². The van der Waals surface area contributed by atoms with E-state index in [4.69, 9.17) is 4.74 Å². The van der Waals surface area contributed by atoms with Crippen LogP contribution in [0.4, 0.5) is 10.5 Å². The molecular formula is C18H27N3O7S. The van der Waals surface area contributed by atoms with Crippen LogP contribution in [0.3, 0.4) is 0 Å². The molecule has 10 nitrogen and oxygen atoms in total. The van der Waals surface area contributed by atoms with E-state index >= 15 is 0 Å². The lowest BCUT2D eigenvalue weighted by atomic mass is 9.99. The lowest BCUT2D eigenvalue weighted by Crippen LogP contribution is -2.52. The Morgan fingerprint density at radius 3 is 2.21 bits per heavy atom. The first-order chi connectivity index (χ1) is 13.2. The molecule has 2 amide bonds. The second kappa shape index (κ2) is 9.68. The Labute approximate surface area is 170 Å². The third-order valence-corrected chi connectivity index (χ3v) is 5.15. The van der Waals surface area contributed by atoms with E-state index in [0.29, 0.717) is 6.42 Å². The molecule has 11 heteroatoms. The maximum atomic E-state index is 12.5. The van der Waals surface area contributed by atoms with Crippen LogP contribution in [0.2, 0.25) is 0 Å². The standard InChI is InChI=1S/C18H27N3O7S/c1-6-12(2)15(19-17(23)28-18(3,4)5)16(22)20-29(26,27)11-13-7-9-14(10-8-13)21(24)25/h7-10,12,15H,6,11H2,1-5H3,(H,19,23)(H,20,22)/t12-,15-/m1/s1. The minimum absolute atomic E-state index is 0.173. The highest BCUT2D eigenvalue weighted by Crippen LogP contribution is 2.15. The summed E-state index contributed by atoms with van der Waals surface area (Å²) in [4.78, 5) is 34.6. The zero-order valence-electron chi connectivity index (χ0n) is 17.1. The van der Waals surface area contributed by atoms with E-state index in [0.717, 1.165) is 0 Å². The average Bonchev–Trinajstić information content (AvgIpc) is 2.57. The molecule has 0 saturated heterocycles. The maximum absolute atomic E-state index is 12.5. The molecule has 0 unspecified atom stereocenters. The molecule has 0 aliphatic heterocycles. The smallest absolute Gasteiger partial charge is 0.408 e. The molecule has 2 N–H and O–H groups in total. The fourth-order valence-electron chi connectivity index (χ4n) is 2.32. The summed E-state index contributed by atoms with van der Waals surface area (Å²) in [5, 5.41) is 13.1. The number of alkyl carbamates (subject to hydrolysis) is 1. The maximum Gasteiger partial charge on any atom is 0.408 e. The van der Waals surface area contributed by atoms with Crippen LogP contribution in [0, 0.1) is 16.0 Å². The molecule has 2 atom stereocenters. The quantitative estimate of drug-likeness (QED) is 0.477. The van der Waals surface area contributed by atoms with Gasteiger partial charge in [0.1, 0.15) is 11.6 Å². The number of nitrogens with one attached hydrogen (secondary N) is 2. The largest absolute Gasteiger partial charge is 0.444 e. The van der Waals surface area contributed by atoms with Crippen molar-refractivity contribution in [2.24, 2.45) is 5.92 Å². The number of rotatable bonds is 8. The predicted molar refractivity (Wildman–Crippen MR) is 106 cm³/mol. The molecule has 1 aromatic rings. The van der Waals surface area contributed by atoms with Crippen LogP contribution in [0.5, 0.6) is 0 Å². The Bertz CT molecular complexity index is 845. The monoisotopic (exact) mass is 429 g/mol. The SMILES string of the molecule is CC[C@@H](C)[C@@H](NC(=O)OC(C)(C)C)C(=O)NS(=O)(=O)Cc1ccc([N+](=O)[O-])cc1. The third kappa shape index (κ3) is 8.46. The number of nitrogens with zero attached hydrogens (tertiary/aromatic N) is 1. The summed E-state index contributed by atoms with van der Waals surface area (Å²) in [6, 6.07) is 3.85. The summed E-state index contributed by atoms with van der Waals surface area (Å²) >= 11 is 0. The molecule has 0 spiro atoms. The van der Waals surface area contributed by atoms with Crippen molar-refractivity contribution in [3.05, 3.63) is 39.9 Å². The predicted octanol–water partition coefficient (Wildman–Crippen LogP) is 2.48. The molecule has 0 fully saturated rings. The third-order valence-electron chi connectivity index (χ3n) is 3.93. The summed E-state index contributed by atoms with van der Waals surface area (Å²) in [6.07, 6.45) is -0.318. The molecule has 0 saturated carbocycles. The van der Waals surface area contributed by atoms with Crippen molar-refractivity contribution in [2.45, 2.75) is 58.4 Å². The average molecular weight is 429 g/mol. The topological polar surface area (TPSA) is 145 Å². The first-order valence-electron chi connectivity index (χ1n) is 9.01. The van der Waals surface area contributed by atoms with Gasteiger partial charge in [0.05, 0.1) is 10.7 Å². The Morgan fingerprint density at radius 1 is 1.21 bits per heavy atom. The van der Waals surface area contributed by atoms with Gasteiger partial charge < -0.3 is 10.1 Å². The van der Waals surface area contributed by atoms with Gasteiger partial charge in [0.2, 0.25) is 10.0 Å². The van der Waals surface area contributed by atoms with Gasteiger partial charge in [0.25, 0.3) is 11.6 Å². The summed E-state index contributed by atoms with van der Waals surface area (Å²) in [5.41, 5.74) is -0.674. The van der Waals surface area contributed by atoms with Crippen LogP contribution < -0.4 is 10.0 Å². The van der Waals surface area contributed by atoms with Crippen molar-refractivity contribution in [3.63, 3.8) is 0 Å². The highest BCUT2D eigenvalue weighted by atomic mass is 32.2. The van der Waals surface area contributed by atoms with Crippen molar-refractivity contribution in [1.29, 1.82) is 0 Å². The van der Waals surface area contributed by atoms with Gasteiger partial charge in [-0.3, -0.25) is 19.6 Å². The number of hydrogen-bond acceptors (Lipinski definition) is 7. The molecule has 0 radical (unpaired) electrons. The van der Waals surface area contributed by atoms with E-state index in [9.17, 15) is 28.1 Å². The van der Waals surface area contributed by atoms with Crippen molar-refractivity contribution >= 4 is 27.7 Å². The molecule has 0 heterocycles. The number of nitro benzene ring substituents is 1. The fourth-order valence-corrected chi connectivity index (χ4v) is 3.46. The summed E-state index contributed by atoms with van der Waals surface area (Å²) < 4.78 is 31.8. The molecule has 0 aliphatic carbocycles. The van der Waals surface area contributed by atoms with E-state index in [2.05, 4.69) is 5.32 Å². The first-order valence-corrected chi connectivity index (χ1v) is 10.7. The molecule has 162 valence electrons. The zero-order chi connectivity index (χ0) is 22.4. The highest BCUT2D eigenvalue weighted by molar-refractivity contribution is 7.89. The van der Waals surface area contributed by atoms with Gasteiger partial charge in [-0.05, 0) is 32.3 Å². The van der Waals surface area contributed by atoms with Crippen LogP contribution in [0.25, 0.3) is 0 Å². The van der Waals surface area contributed by atoms with Crippen LogP contribution in [-0.4, -0.2) is 37.0 Å². The minimum atomic E-state index is -4.09. The number of carbonyl (C=O) groups is 2. The summed E-state index contributed by atoms with van der Waals surface area (Å²) in [7, 11) is -4.09. The Kier molecular flexibility index (Phi) is 8.13. The van der Waals surface area contributed by atoms with Crippen molar-refractivity contribution in [3.8, 4) is 0 Å². The van der Waals surface area contributed by atoms with E-state index in [1.54, 1.807) is 34.6 Å². The van der Waals surface area contributed by atoms with Crippen LogP contribution in [0.1, 0.15) is 46.6 Å². The molecule has 0 aromatic heterocycles. The van der Waals surface area contributed by atoms with Gasteiger partial charge in [0, 0.05) is 12.1 Å². The number of benzene rings is 1. The number of carbonyl (C=O) groups excluding carboxylic acids is 2. The van der Waals surface area contributed by atoms with Gasteiger partial charge in [-0.15, -0.1) is 0 Å². The van der Waals surface area contributed by atoms with Crippen LogP contribution in [0.15, 0.2) is 24.3 Å². The minimum Gasteiger partial charge on any atom is -0.444 e. The highest BCUT2D eigenvalue weighted by Gasteiger charge is 2.30. The number of amides is 2. The van der Waals surface area contributed by atoms with E-state index in [1.165, 1.54) is 24.3 Å². The number of sulfonamides is 1. The van der Waals surface area contributed by atoms with Gasteiger partial charge >= 0.3 is 6.09 Å². The molecule has 0 aliphatic rings. The molecule has 29 heavy (non-hydrogen) atoms. The lowest BCUT2D eigenvalue weighted by Gasteiger charge is -2.26. The molecule has 1 aromatic carbocycles. The second-order valence-electron chi connectivity index (χ2n) is 7.66. The van der Waals surface area contributed by atoms with Gasteiger partial charge in [-0.25, -0.2) is 13.2 Å². The number of nitro groups is 1. The normalized spacial score (nSPS) is 13.8. The Morgan fingerprint density at radius 2 is 1.76 bits per heavy atom. The fraction of sp³-hybridized carbons (Fsp3) is 0.556. The van der Waals surface area contributed by atoms with Crippen LogP contribution >= 0.6 is 0 Å². The molecule has 1 rings (SSSR count). The Hall–Kier alpha value is -2.69. The van der Waals surface area contributed by atoms with E-state index < -0.39 is 44.3 Å². The van der Waals surface area contributed by atoms with E-state index in [-0.39, 0.29) is 17.2 Å². The Balaban J connectivity index is 2.88. The first kappa shape index (κ1) is 24.3. The number of non-ortho nitro benzene ring substituents is 1. The van der Waals surface area contributed by atoms with Crippen LogP contribution in [-0.2, 0) is 25.3 Å². The zero-order valence-corrected chi connectivity index (χ0v) is 17.9. The van der Waals surface area contributed by atoms with Crippen molar-refractivity contribution in [2.75, 3.05) is 0 Å². The van der Waals surface area contributed by atoms with Crippen molar-refractivity contribution < 1.29 is 27.7 Å². The van der Waals surface area contributed by atoms with Gasteiger partial charge in [0.15, 0.2) is 0 Å². The number of ether oxygens (including phenoxy) is 1. The van der Waals surface area contributed by atoms with Gasteiger partial charge in [-0.1, -0.05) is 32.4 Å². The van der Waals surface area contributed by atoms with E-state index in [1.807, 2.05) is 4.72 Å². The summed E-state index contributed by atoms with van der Waals surface area (Å²) in [5.74, 6) is -1.78. The molecular weight excluding hydrogens is 402 g/mol. The lowest BCUT2D eigenvalue weighted by molar-refractivity contribution is -0.384. The van der Waals surface area contributed by atoms with Crippen molar-refractivity contribution in [1.82, 2.24) is 10.0 Å². The molecule has 0 bridgehead atoms. The summed E-state index contributed by atoms with van der Waals surface area (Å²) in [6.45, 7) is 8.50.